The first kappa shape index (κ1) is 18.7. The summed E-state index contributed by atoms with van der Waals surface area (Å²) >= 11 is 0. The van der Waals surface area contributed by atoms with Crippen LogP contribution in [-0.4, -0.2) is 58.9 Å². The lowest BCUT2D eigenvalue weighted by Gasteiger charge is -2.61. The Labute approximate surface area is 154 Å². The Morgan fingerprint density at radius 3 is 2.69 bits per heavy atom. The lowest BCUT2D eigenvalue weighted by atomic mass is 9.50. The summed E-state index contributed by atoms with van der Waals surface area (Å²) in [5, 5.41) is 31.4. The van der Waals surface area contributed by atoms with Crippen molar-refractivity contribution < 1.29 is 29.6 Å². The number of esters is 1. The fourth-order valence-corrected chi connectivity index (χ4v) is 6.81. The molecule has 4 unspecified atom stereocenters. The summed E-state index contributed by atoms with van der Waals surface area (Å²) in [7, 11) is 0. The average molecular weight is 368 g/mol. The van der Waals surface area contributed by atoms with Crippen molar-refractivity contribution in [3.8, 4) is 0 Å². The topological polar surface area (TPSA) is 96.2 Å². The van der Waals surface area contributed by atoms with Crippen LogP contribution in [0, 0.1) is 28.6 Å². The minimum absolute atomic E-state index is 0.0482. The molecule has 6 nitrogen and oxygen atoms in total. The van der Waals surface area contributed by atoms with E-state index in [4.69, 9.17) is 9.47 Å². The molecule has 1 heterocycles. The first-order chi connectivity index (χ1) is 12.3. The van der Waals surface area contributed by atoms with Gasteiger partial charge in [-0.25, -0.2) is 0 Å². The summed E-state index contributed by atoms with van der Waals surface area (Å²) in [6.07, 6.45) is 3.44. The molecule has 148 valence electrons. The molecule has 1 saturated heterocycles. The van der Waals surface area contributed by atoms with E-state index < -0.39 is 11.5 Å². The van der Waals surface area contributed by atoms with Gasteiger partial charge >= 0.3 is 5.97 Å². The summed E-state index contributed by atoms with van der Waals surface area (Å²) in [5.41, 5.74) is -0.657. The minimum atomic E-state index is -0.606. The van der Waals surface area contributed by atoms with E-state index in [9.17, 15) is 20.1 Å². The van der Waals surface area contributed by atoms with Crippen LogP contribution in [0.3, 0.4) is 0 Å². The van der Waals surface area contributed by atoms with Crippen LogP contribution >= 0.6 is 0 Å². The summed E-state index contributed by atoms with van der Waals surface area (Å²) in [4.78, 5) is 11.5. The van der Waals surface area contributed by atoms with Gasteiger partial charge in [0.1, 0.15) is 6.10 Å². The van der Waals surface area contributed by atoms with Crippen LogP contribution in [0.1, 0.15) is 52.4 Å². The number of aliphatic hydroxyl groups is 3. The summed E-state index contributed by atoms with van der Waals surface area (Å²) < 4.78 is 11.9. The molecule has 4 aliphatic rings. The molecule has 4 fully saturated rings. The van der Waals surface area contributed by atoms with E-state index >= 15 is 0 Å². The van der Waals surface area contributed by atoms with Crippen LogP contribution in [0.2, 0.25) is 0 Å². The Morgan fingerprint density at radius 2 is 2.00 bits per heavy atom. The fourth-order valence-electron chi connectivity index (χ4n) is 6.81. The number of carbonyl (C=O) groups excluding carboxylic acids is 1. The maximum Gasteiger partial charge on any atom is 0.302 e. The first-order valence-corrected chi connectivity index (χ1v) is 10.1. The molecule has 0 radical (unpaired) electrons. The monoisotopic (exact) mass is 368 g/mol. The highest BCUT2D eigenvalue weighted by Gasteiger charge is 2.65. The van der Waals surface area contributed by atoms with Gasteiger partial charge in [0.25, 0.3) is 0 Å². The van der Waals surface area contributed by atoms with Crippen molar-refractivity contribution in [2.75, 3.05) is 13.2 Å². The number of fused-ring (bicyclic) bond motifs is 5. The Kier molecular flexibility index (Phi) is 4.62. The van der Waals surface area contributed by atoms with Gasteiger partial charge in [-0.3, -0.25) is 4.79 Å². The molecule has 6 heteroatoms. The molecule has 0 aromatic heterocycles. The maximum absolute atomic E-state index is 11.5. The molecular weight excluding hydrogens is 336 g/mol. The number of rotatable bonds is 2. The minimum Gasteiger partial charge on any atom is -0.462 e. The second-order valence-corrected chi connectivity index (χ2v) is 9.42. The highest BCUT2D eigenvalue weighted by molar-refractivity contribution is 5.66. The fraction of sp³-hybridized carbons (Fsp3) is 0.950. The molecule has 4 rings (SSSR count). The molecule has 0 spiro atoms. The molecule has 26 heavy (non-hydrogen) atoms. The zero-order chi connectivity index (χ0) is 18.7. The number of ether oxygens (including phenoxy) is 2. The SMILES string of the molecule is CC(=O)O[C@H]1CCC2C3C(OC[C@@]21CO)[C@@]1(C)CC[C@H](O)CC1C[C@@H]3O. The van der Waals surface area contributed by atoms with Crippen LogP contribution in [-0.2, 0) is 14.3 Å². The Balaban J connectivity index is 1.65. The van der Waals surface area contributed by atoms with E-state index in [2.05, 4.69) is 6.92 Å². The summed E-state index contributed by atoms with van der Waals surface area (Å²) in [6, 6.07) is 0. The normalized spacial score (nSPS) is 53.3. The lowest BCUT2D eigenvalue weighted by molar-refractivity contribution is -0.262. The highest BCUT2D eigenvalue weighted by atomic mass is 16.5. The van der Waals surface area contributed by atoms with Gasteiger partial charge in [0.05, 0.1) is 36.9 Å². The standard InChI is InChI=1S/C20H32O6/c1-11(22)26-16-4-3-14-17-15(24)8-12-7-13(23)5-6-19(12,2)18(17)25-10-20(14,16)9-21/h12-18,21,23-24H,3-10H2,1-2H3/t12?,13-,14?,15-,16-,17?,18?,19-,20-/m0/s1. The van der Waals surface area contributed by atoms with Crippen molar-refractivity contribution in [2.24, 2.45) is 28.6 Å². The number of hydrogen-bond donors (Lipinski definition) is 3. The van der Waals surface area contributed by atoms with E-state index in [1.165, 1.54) is 6.92 Å². The van der Waals surface area contributed by atoms with Crippen LogP contribution in [0.5, 0.6) is 0 Å². The third kappa shape index (κ3) is 2.56. The van der Waals surface area contributed by atoms with Crippen molar-refractivity contribution in [3.63, 3.8) is 0 Å². The van der Waals surface area contributed by atoms with Crippen LogP contribution in [0.25, 0.3) is 0 Å². The predicted octanol–water partition coefficient (Wildman–Crippen LogP) is 1.25. The molecule has 9 atom stereocenters. The average Bonchev–Trinajstić information content (AvgIpc) is 2.95. The van der Waals surface area contributed by atoms with Crippen LogP contribution in [0.4, 0.5) is 0 Å². The second-order valence-electron chi connectivity index (χ2n) is 9.42. The molecule has 0 aromatic rings. The van der Waals surface area contributed by atoms with E-state index in [0.717, 1.165) is 25.7 Å². The number of carbonyl (C=O) groups is 1. The van der Waals surface area contributed by atoms with E-state index in [1.807, 2.05) is 0 Å². The molecule has 3 N–H and O–H groups in total. The van der Waals surface area contributed by atoms with Gasteiger partial charge in [-0.05, 0) is 55.8 Å². The van der Waals surface area contributed by atoms with Crippen LogP contribution < -0.4 is 0 Å². The largest absolute Gasteiger partial charge is 0.462 e. The molecular formula is C20H32O6. The van der Waals surface area contributed by atoms with E-state index in [1.54, 1.807) is 0 Å². The first-order valence-electron chi connectivity index (χ1n) is 10.1. The maximum atomic E-state index is 11.5. The molecule has 3 aliphatic carbocycles. The van der Waals surface area contributed by atoms with Gasteiger partial charge in [0.15, 0.2) is 0 Å². The lowest BCUT2D eigenvalue weighted by Crippen LogP contribution is -2.65. The Hall–Kier alpha value is -0.690. The Morgan fingerprint density at radius 1 is 1.23 bits per heavy atom. The number of aliphatic hydroxyl groups excluding tert-OH is 3. The zero-order valence-electron chi connectivity index (χ0n) is 15.8. The summed E-state index contributed by atoms with van der Waals surface area (Å²) in [6.45, 7) is 3.92. The van der Waals surface area contributed by atoms with Crippen molar-refractivity contribution in [1.82, 2.24) is 0 Å². The third-order valence-electron chi connectivity index (χ3n) is 8.19. The van der Waals surface area contributed by atoms with Gasteiger partial charge in [-0.15, -0.1) is 0 Å². The molecule has 0 bridgehead atoms. The number of hydrogen-bond acceptors (Lipinski definition) is 6. The van der Waals surface area contributed by atoms with Crippen molar-refractivity contribution in [3.05, 3.63) is 0 Å². The Bertz CT molecular complexity index is 567. The predicted molar refractivity (Wildman–Crippen MR) is 93.1 cm³/mol. The smallest absolute Gasteiger partial charge is 0.302 e. The molecule has 1 aliphatic heterocycles. The van der Waals surface area contributed by atoms with Crippen LogP contribution in [0.15, 0.2) is 0 Å². The molecule has 3 saturated carbocycles. The zero-order valence-corrected chi connectivity index (χ0v) is 15.8. The van der Waals surface area contributed by atoms with Gasteiger partial charge < -0.3 is 24.8 Å². The second kappa shape index (κ2) is 6.43. The van der Waals surface area contributed by atoms with Crippen molar-refractivity contribution in [2.45, 2.75) is 76.8 Å². The van der Waals surface area contributed by atoms with Gasteiger partial charge in [0, 0.05) is 12.8 Å². The third-order valence-corrected chi connectivity index (χ3v) is 8.19. The molecule has 0 amide bonds. The van der Waals surface area contributed by atoms with Gasteiger partial charge in [-0.2, -0.15) is 0 Å². The van der Waals surface area contributed by atoms with Crippen molar-refractivity contribution in [1.29, 1.82) is 0 Å². The van der Waals surface area contributed by atoms with Gasteiger partial charge in [0.2, 0.25) is 0 Å². The van der Waals surface area contributed by atoms with Gasteiger partial charge in [-0.1, -0.05) is 6.92 Å². The summed E-state index contributed by atoms with van der Waals surface area (Å²) in [5.74, 6) is -0.0268. The molecule has 0 aromatic carbocycles. The highest BCUT2D eigenvalue weighted by Crippen LogP contribution is 2.62. The van der Waals surface area contributed by atoms with E-state index in [-0.39, 0.29) is 54.1 Å². The quantitative estimate of drug-likeness (QED) is 0.635. The van der Waals surface area contributed by atoms with E-state index in [0.29, 0.717) is 19.4 Å². The van der Waals surface area contributed by atoms with Crippen molar-refractivity contribution >= 4 is 5.97 Å².